The Labute approximate surface area is 162 Å². The van der Waals surface area contributed by atoms with Crippen molar-refractivity contribution < 1.29 is 9.21 Å². The highest BCUT2D eigenvalue weighted by molar-refractivity contribution is 5.97. The SMILES string of the molecule is CCN(c1cc(-c2ccco2)cc(C(N)=O)c1C)C1CCC(N(C)C)CC1. The summed E-state index contributed by atoms with van der Waals surface area (Å²) >= 11 is 0. The van der Waals surface area contributed by atoms with E-state index >= 15 is 0 Å². The van der Waals surface area contributed by atoms with Crippen molar-refractivity contribution >= 4 is 11.6 Å². The van der Waals surface area contributed by atoms with Crippen LogP contribution in [-0.2, 0) is 0 Å². The summed E-state index contributed by atoms with van der Waals surface area (Å²) in [4.78, 5) is 16.8. The number of furan rings is 1. The van der Waals surface area contributed by atoms with Crippen molar-refractivity contribution in [2.75, 3.05) is 25.5 Å². The molecular weight excluding hydrogens is 338 g/mol. The quantitative estimate of drug-likeness (QED) is 0.834. The average molecular weight is 370 g/mol. The fourth-order valence-corrected chi connectivity index (χ4v) is 4.35. The summed E-state index contributed by atoms with van der Waals surface area (Å²) in [7, 11) is 4.33. The summed E-state index contributed by atoms with van der Waals surface area (Å²) < 4.78 is 5.57. The number of benzene rings is 1. The molecule has 0 radical (unpaired) electrons. The molecule has 1 heterocycles. The van der Waals surface area contributed by atoms with Crippen molar-refractivity contribution in [3.63, 3.8) is 0 Å². The molecule has 1 aromatic heterocycles. The smallest absolute Gasteiger partial charge is 0.249 e. The number of carbonyl (C=O) groups is 1. The topological polar surface area (TPSA) is 62.7 Å². The highest BCUT2D eigenvalue weighted by Crippen LogP contribution is 2.35. The molecule has 2 aromatic rings. The van der Waals surface area contributed by atoms with E-state index in [0.29, 0.717) is 17.6 Å². The van der Waals surface area contributed by atoms with Crippen LogP contribution in [0.3, 0.4) is 0 Å². The van der Waals surface area contributed by atoms with Gasteiger partial charge in [0, 0.05) is 35.4 Å². The molecule has 1 saturated carbocycles. The molecule has 0 unspecified atom stereocenters. The third-order valence-electron chi connectivity index (χ3n) is 5.94. The van der Waals surface area contributed by atoms with Crippen molar-refractivity contribution in [3.05, 3.63) is 41.7 Å². The maximum atomic E-state index is 12.1. The minimum atomic E-state index is -0.394. The van der Waals surface area contributed by atoms with Gasteiger partial charge >= 0.3 is 0 Å². The minimum Gasteiger partial charge on any atom is -0.464 e. The molecule has 1 aliphatic rings. The monoisotopic (exact) mass is 369 g/mol. The zero-order valence-corrected chi connectivity index (χ0v) is 16.9. The summed E-state index contributed by atoms with van der Waals surface area (Å²) in [6.45, 7) is 5.08. The van der Waals surface area contributed by atoms with E-state index in [1.54, 1.807) is 6.26 Å². The van der Waals surface area contributed by atoms with Crippen molar-refractivity contribution in [1.82, 2.24) is 4.90 Å². The normalized spacial score (nSPS) is 20.0. The molecular formula is C22H31N3O2. The molecule has 5 heteroatoms. The molecule has 1 amide bonds. The number of hydrogen-bond donors (Lipinski definition) is 1. The van der Waals surface area contributed by atoms with Gasteiger partial charge in [0.2, 0.25) is 5.91 Å². The van der Waals surface area contributed by atoms with E-state index in [9.17, 15) is 4.79 Å². The molecule has 2 N–H and O–H groups in total. The Hall–Kier alpha value is -2.27. The van der Waals surface area contributed by atoms with Crippen LogP contribution in [0.15, 0.2) is 34.9 Å². The van der Waals surface area contributed by atoms with Crippen molar-refractivity contribution in [2.45, 2.75) is 51.6 Å². The third-order valence-corrected chi connectivity index (χ3v) is 5.94. The molecule has 146 valence electrons. The maximum Gasteiger partial charge on any atom is 0.249 e. The Balaban J connectivity index is 1.97. The lowest BCUT2D eigenvalue weighted by atomic mass is 9.88. The van der Waals surface area contributed by atoms with Gasteiger partial charge in [0.25, 0.3) is 0 Å². The highest BCUT2D eigenvalue weighted by atomic mass is 16.3. The van der Waals surface area contributed by atoms with E-state index in [1.807, 2.05) is 25.1 Å². The Kier molecular flexibility index (Phi) is 5.90. The standard InChI is InChI=1S/C22H31N3O2/c1-5-25(18-10-8-17(9-11-18)24(3)4)20-14-16(21-7-6-12-27-21)13-19(15(20)2)22(23)26/h6-7,12-14,17-18H,5,8-11H2,1-4H3,(H2,23,26). The molecule has 27 heavy (non-hydrogen) atoms. The van der Waals surface area contributed by atoms with Gasteiger partial charge in [-0.05, 0) is 83.5 Å². The third kappa shape index (κ3) is 4.03. The second kappa shape index (κ2) is 8.17. The Morgan fingerprint density at radius 2 is 1.85 bits per heavy atom. The first-order valence-electron chi connectivity index (χ1n) is 9.83. The molecule has 0 spiro atoms. The number of amides is 1. The van der Waals surface area contributed by atoms with Gasteiger partial charge in [-0.3, -0.25) is 4.79 Å². The van der Waals surface area contributed by atoms with Crippen molar-refractivity contribution in [3.8, 4) is 11.3 Å². The zero-order valence-electron chi connectivity index (χ0n) is 16.9. The Morgan fingerprint density at radius 3 is 2.37 bits per heavy atom. The number of nitrogens with zero attached hydrogens (tertiary/aromatic N) is 2. The van der Waals surface area contributed by atoms with E-state index in [1.165, 1.54) is 12.8 Å². The molecule has 0 aliphatic heterocycles. The van der Waals surface area contributed by atoms with E-state index in [2.05, 4.69) is 36.9 Å². The molecule has 3 rings (SSSR count). The second-order valence-corrected chi connectivity index (χ2v) is 7.72. The van der Waals surface area contributed by atoms with E-state index in [-0.39, 0.29) is 0 Å². The number of anilines is 1. The fraction of sp³-hybridized carbons (Fsp3) is 0.500. The van der Waals surface area contributed by atoms with Gasteiger partial charge in [-0.2, -0.15) is 0 Å². The number of primary amides is 1. The first-order valence-corrected chi connectivity index (χ1v) is 9.83. The van der Waals surface area contributed by atoms with Gasteiger partial charge in [0.05, 0.1) is 6.26 Å². The molecule has 5 nitrogen and oxygen atoms in total. The predicted molar refractivity (Wildman–Crippen MR) is 110 cm³/mol. The van der Waals surface area contributed by atoms with Gasteiger partial charge in [-0.1, -0.05) is 0 Å². The zero-order chi connectivity index (χ0) is 19.6. The van der Waals surface area contributed by atoms with Crippen LogP contribution >= 0.6 is 0 Å². The fourth-order valence-electron chi connectivity index (χ4n) is 4.35. The largest absolute Gasteiger partial charge is 0.464 e. The highest BCUT2D eigenvalue weighted by Gasteiger charge is 2.28. The van der Waals surface area contributed by atoms with Crippen LogP contribution < -0.4 is 10.6 Å². The summed E-state index contributed by atoms with van der Waals surface area (Å²) in [5, 5.41) is 0. The summed E-state index contributed by atoms with van der Waals surface area (Å²) in [6.07, 6.45) is 6.38. The molecule has 1 fully saturated rings. The average Bonchev–Trinajstić information content (AvgIpc) is 3.18. The lowest BCUT2D eigenvalue weighted by Gasteiger charge is -2.40. The van der Waals surface area contributed by atoms with Crippen molar-refractivity contribution in [2.24, 2.45) is 5.73 Å². The maximum absolute atomic E-state index is 12.1. The Morgan fingerprint density at radius 1 is 1.19 bits per heavy atom. The summed E-state index contributed by atoms with van der Waals surface area (Å²) in [6, 6.07) is 8.91. The number of hydrogen-bond acceptors (Lipinski definition) is 4. The summed E-state index contributed by atoms with van der Waals surface area (Å²) in [5.41, 5.74) is 9.19. The van der Waals surface area contributed by atoms with E-state index in [4.69, 9.17) is 10.2 Å². The van der Waals surface area contributed by atoms with Gasteiger partial charge in [0.15, 0.2) is 0 Å². The molecule has 1 aliphatic carbocycles. The van der Waals surface area contributed by atoms with Gasteiger partial charge in [-0.25, -0.2) is 0 Å². The van der Waals surface area contributed by atoms with Crippen LogP contribution in [0.2, 0.25) is 0 Å². The van der Waals surface area contributed by atoms with Gasteiger partial charge in [0.1, 0.15) is 5.76 Å². The lowest BCUT2D eigenvalue weighted by Crippen LogP contribution is -2.42. The van der Waals surface area contributed by atoms with Crippen LogP contribution in [0.1, 0.15) is 48.5 Å². The van der Waals surface area contributed by atoms with Gasteiger partial charge < -0.3 is 20.0 Å². The second-order valence-electron chi connectivity index (χ2n) is 7.72. The van der Waals surface area contributed by atoms with Crippen LogP contribution in [0.4, 0.5) is 5.69 Å². The Bertz CT molecular complexity index is 775. The first kappa shape index (κ1) is 19.5. The predicted octanol–water partition coefficient (Wildman–Crippen LogP) is 4.05. The molecule has 0 bridgehead atoms. The molecule has 0 atom stereocenters. The van der Waals surface area contributed by atoms with Crippen LogP contribution in [0.5, 0.6) is 0 Å². The molecule has 0 saturated heterocycles. The van der Waals surface area contributed by atoms with E-state index in [0.717, 1.165) is 42.0 Å². The first-order chi connectivity index (χ1) is 12.9. The number of nitrogens with two attached hydrogens (primary N) is 1. The van der Waals surface area contributed by atoms with Crippen LogP contribution in [-0.4, -0.2) is 43.5 Å². The minimum absolute atomic E-state index is 0.394. The number of rotatable bonds is 6. The van der Waals surface area contributed by atoms with Gasteiger partial charge in [-0.15, -0.1) is 0 Å². The van der Waals surface area contributed by atoms with Crippen molar-refractivity contribution in [1.29, 1.82) is 0 Å². The summed E-state index contributed by atoms with van der Waals surface area (Å²) in [5.74, 6) is 0.362. The lowest BCUT2D eigenvalue weighted by molar-refractivity contribution is 0.0999. The van der Waals surface area contributed by atoms with E-state index < -0.39 is 5.91 Å². The van der Waals surface area contributed by atoms with Crippen LogP contribution in [0, 0.1) is 6.92 Å². The van der Waals surface area contributed by atoms with Crippen LogP contribution in [0.25, 0.3) is 11.3 Å². The molecule has 1 aromatic carbocycles. The number of carbonyl (C=O) groups excluding carboxylic acids is 1.